The molecule has 0 radical (unpaired) electrons. The molecule has 0 bridgehead atoms. The number of nitrogens with zero attached hydrogens (tertiary/aromatic N) is 2. The maximum absolute atomic E-state index is 12.1. The first-order valence-corrected chi connectivity index (χ1v) is 11.2. The number of carbonyl (C=O) groups excluding carboxylic acids is 2. The van der Waals surface area contributed by atoms with Gasteiger partial charge in [-0.3, -0.25) is 4.79 Å². The number of furan rings is 1. The van der Waals surface area contributed by atoms with Crippen LogP contribution >= 0.6 is 11.3 Å². The van der Waals surface area contributed by atoms with Crippen LogP contribution in [0.5, 0.6) is 0 Å². The van der Waals surface area contributed by atoms with Crippen LogP contribution in [0.1, 0.15) is 43.3 Å². The number of amides is 2. The number of carbonyl (C=O) groups is 2. The van der Waals surface area contributed by atoms with Crippen LogP contribution in [0.2, 0.25) is 0 Å². The average Bonchev–Trinajstić information content (AvgIpc) is 3.35. The fourth-order valence-corrected chi connectivity index (χ4v) is 4.77. The molecule has 1 aliphatic heterocycles. The van der Waals surface area contributed by atoms with Gasteiger partial charge < -0.3 is 30.8 Å². The Morgan fingerprint density at radius 3 is 2.62 bits per heavy atom. The number of piperidine rings is 1. The summed E-state index contributed by atoms with van der Waals surface area (Å²) in [7, 11) is 0. The van der Waals surface area contributed by atoms with Crippen molar-refractivity contribution in [1.29, 1.82) is 0 Å². The van der Waals surface area contributed by atoms with Crippen LogP contribution in [0.4, 0.5) is 16.3 Å². The molecule has 0 saturated carbocycles. The number of nitrogen functional groups attached to an aromatic ring is 1. The van der Waals surface area contributed by atoms with Gasteiger partial charge in [-0.15, -0.1) is 11.3 Å². The molecule has 5 N–H and O–H groups in total. The molecular weight excluding hydrogens is 430 g/mol. The van der Waals surface area contributed by atoms with Crippen LogP contribution in [0.3, 0.4) is 0 Å². The normalized spacial score (nSPS) is 15.2. The third-order valence-corrected chi connectivity index (χ3v) is 6.35. The minimum absolute atomic E-state index is 0.0354. The third kappa shape index (κ3) is 4.50. The Kier molecular flexibility index (Phi) is 5.72. The summed E-state index contributed by atoms with van der Waals surface area (Å²) >= 11 is 1.18. The second kappa shape index (κ2) is 8.34. The van der Waals surface area contributed by atoms with Crippen molar-refractivity contribution < 1.29 is 18.7 Å². The summed E-state index contributed by atoms with van der Waals surface area (Å²) in [6.07, 6.45) is 2.71. The van der Waals surface area contributed by atoms with Crippen LogP contribution in [0.25, 0.3) is 21.5 Å². The van der Waals surface area contributed by atoms with Gasteiger partial charge in [0.1, 0.15) is 26.9 Å². The largest absolute Gasteiger partial charge is 0.464 e. The molecule has 1 saturated heterocycles. The van der Waals surface area contributed by atoms with Crippen molar-refractivity contribution in [3.8, 4) is 11.3 Å². The minimum atomic E-state index is -0.577. The fourth-order valence-electron chi connectivity index (χ4n) is 3.81. The number of thiophene rings is 1. The Morgan fingerprint density at radius 2 is 2.03 bits per heavy atom. The first-order chi connectivity index (χ1) is 15.1. The summed E-state index contributed by atoms with van der Waals surface area (Å²) in [4.78, 5) is 31.8. The van der Waals surface area contributed by atoms with Crippen molar-refractivity contribution in [1.82, 2.24) is 10.3 Å². The number of nitrogens with one attached hydrogen (secondary N) is 1. The molecule has 2 amide bonds. The standard InChI is InChI=1S/C22H27N5O4S/c1-22(2,3)31-21(29)25-12-6-8-27(9-7-12)15-11-13(14-5-4-10-30-14)16-17(23)18(19(24)28)32-20(16)26-15/h4-5,10-12H,6-9,23H2,1-3H3,(H2,24,28)(H,25,29). The first kappa shape index (κ1) is 21.9. The van der Waals surface area contributed by atoms with Gasteiger partial charge in [-0.25, -0.2) is 9.78 Å². The van der Waals surface area contributed by atoms with E-state index >= 15 is 0 Å². The monoisotopic (exact) mass is 457 g/mol. The Balaban J connectivity index is 1.58. The van der Waals surface area contributed by atoms with Crippen molar-refractivity contribution in [3.63, 3.8) is 0 Å². The van der Waals surface area contributed by atoms with Gasteiger partial charge in [-0.2, -0.15) is 0 Å². The van der Waals surface area contributed by atoms with E-state index in [9.17, 15) is 9.59 Å². The molecule has 3 aromatic heterocycles. The van der Waals surface area contributed by atoms with Crippen molar-refractivity contribution in [2.24, 2.45) is 5.73 Å². The molecule has 3 aromatic rings. The molecule has 0 aliphatic carbocycles. The fraction of sp³-hybridized carbons (Fsp3) is 0.409. The lowest BCUT2D eigenvalue weighted by Gasteiger charge is -2.33. The zero-order valence-corrected chi connectivity index (χ0v) is 19.1. The predicted octanol–water partition coefficient (Wildman–Crippen LogP) is 3.73. The molecule has 10 heteroatoms. The van der Waals surface area contributed by atoms with Crippen molar-refractivity contribution >= 4 is 45.1 Å². The van der Waals surface area contributed by atoms with E-state index in [2.05, 4.69) is 10.2 Å². The maximum Gasteiger partial charge on any atom is 0.407 e. The van der Waals surface area contributed by atoms with E-state index in [1.807, 2.05) is 32.9 Å². The number of aromatic nitrogens is 1. The highest BCUT2D eigenvalue weighted by molar-refractivity contribution is 7.21. The average molecular weight is 458 g/mol. The number of anilines is 2. The molecule has 0 spiro atoms. The molecule has 4 heterocycles. The number of hydrogen-bond acceptors (Lipinski definition) is 8. The molecule has 4 rings (SSSR count). The van der Waals surface area contributed by atoms with Crippen molar-refractivity contribution in [3.05, 3.63) is 29.3 Å². The van der Waals surface area contributed by atoms with Gasteiger partial charge in [0.15, 0.2) is 0 Å². The molecule has 1 aliphatic rings. The number of alkyl carbamates (subject to hydrolysis) is 1. The Labute approximate surface area is 189 Å². The molecule has 0 aromatic carbocycles. The zero-order valence-electron chi connectivity index (χ0n) is 18.3. The number of primary amides is 1. The second-order valence-electron chi connectivity index (χ2n) is 8.80. The van der Waals surface area contributed by atoms with Crippen LogP contribution < -0.4 is 21.7 Å². The predicted molar refractivity (Wildman–Crippen MR) is 125 cm³/mol. The van der Waals surface area contributed by atoms with Crippen molar-refractivity contribution in [2.75, 3.05) is 23.7 Å². The summed E-state index contributed by atoms with van der Waals surface area (Å²) in [5, 5.41) is 3.62. The highest BCUT2D eigenvalue weighted by Crippen LogP contribution is 2.41. The number of ether oxygens (including phenoxy) is 1. The molecular formula is C22H27N5O4S. The quantitative estimate of drug-likeness (QED) is 0.543. The van der Waals surface area contributed by atoms with Gasteiger partial charge in [0.25, 0.3) is 5.91 Å². The SMILES string of the molecule is CC(C)(C)OC(=O)NC1CCN(c2cc(-c3ccco3)c3c(N)c(C(N)=O)sc3n2)CC1. The first-order valence-electron chi connectivity index (χ1n) is 10.4. The number of rotatable bonds is 4. The van der Waals surface area contributed by atoms with E-state index in [1.165, 1.54) is 11.3 Å². The van der Waals surface area contributed by atoms with E-state index in [0.717, 1.165) is 24.2 Å². The van der Waals surface area contributed by atoms with Gasteiger partial charge in [0.05, 0.1) is 12.0 Å². The Morgan fingerprint density at radius 1 is 1.31 bits per heavy atom. The van der Waals surface area contributed by atoms with Gasteiger partial charge >= 0.3 is 6.09 Å². The Bertz CT molecular complexity index is 1140. The molecule has 32 heavy (non-hydrogen) atoms. The summed E-state index contributed by atoms with van der Waals surface area (Å²) in [5.74, 6) is 0.823. The molecule has 1 fully saturated rings. The number of fused-ring (bicyclic) bond motifs is 1. The number of pyridine rings is 1. The highest BCUT2D eigenvalue weighted by Gasteiger charge is 2.26. The summed E-state index contributed by atoms with van der Waals surface area (Å²) in [6, 6.07) is 5.60. The lowest BCUT2D eigenvalue weighted by molar-refractivity contribution is 0.0497. The molecule has 0 atom stereocenters. The van der Waals surface area contributed by atoms with Crippen LogP contribution in [-0.4, -0.2) is 41.7 Å². The topological polar surface area (TPSA) is 137 Å². The second-order valence-corrected chi connectivity index (χ2v) is 9.80. The van der Waals surface area contributed by atoms with Crippen LogP contribution in [0.15, 0.2) is 28.9 Å². The maximum atomic E-state index is 12.1. The minimum Gasteiger partial charge on any atom is -0.464 e. The summed E-state index contributed by atoms with van der Waals surface area (Å²) in [5.41, 5.74) is 12.3. The highest BCUT2D eigenvalue weighted by atomic mass is 32.1. The molecule has 0 unspecified atom stereocenters. The number of nitrogens with two attached hydrogens (primary N) is 2. The smallest absolute Gasteiger partial charge is 0.407 e. The van der Waals surface area contributed by atoms with E-state index in [4.69, 9.17) is 25.6 Å². The van der Waals surface area contributed by atoms with E-state index in [-0.39, 0.29) is 10.9 Å². The Hall–Kier alpha value is -3.27. The lowest BCUT2D eigenvalue weighted by Crippen LogP contribution is -2.46. The zero-order chi connectivity index (χ0) is 23.0. The summed E-state index contributed by atoms with van der Waals surface area (Å²) in [6.45, 7) is 6.94. The summed E-state index contributed by atoms with van der Waals surface area (Å²) < 4.78 is 11.0. The molecule has 9 nitrogen and oxygen atoms in total. The van der Waals surface area contributed by atoms with Crippen LogP contribution in [0, 0.1) is 0 Å². The van der Waals surface area contributed by atoms with Crippen molar-refractivity contribution in [2.45, 2.75) is 45.3 Å². The number of hydrogen-bond donors (Lipinski definition) is 3. The lowest BCUT2D eigenvalue weighted by atomic mass is 10.0. The van der Waals surface area contributed by atoms with E-state index in [1.54, 1.807) is 12.3 Å². The third-order valence-electron chi connectivity index (χ3n) is 5.24. The van der Waals surface area contributed by atoms with Gasteiger partial charge in [-0.1, -0.05) is 0 Å². The van der Waals surface area contributed by atoms with E-state index < -0.39 is 17.6 Å². The van der Waals surface area contributed by atoms with Gasteiger partial charge in [0, 0.05) is 30.1 Å². The molecule has 170 valence electrons. The van der Waals surface area contributed by atoms with Gasteiger partial charge in [-0.05, 0) is 51.8 Å². The van der Waals surface area contributed by atoms with Gasteiger partial charge in [0.2, 0.25) is 0 Å². The van der Waals surface area contributed by atoms with E-state index in [0.29, 0.717) is 34.8 Å². The van der Waals surface area contributed by atoms with Crippen LogP contribution in [-0.2, 0) is 4.74 Å².